The van der Waals surface area contributed by atoms with Crippen LogP contribution in [0.1, 0.15) is 36.6 Å². The first-order chi connectivity index (χ1) is 9.90. The van der Waals surface area contributed by atoms with Crippen molar-refractivity contribution in [1.29, 1.82) is 0 Å². The molecule has 6 nitrogen and oxygen atoms in total. The van der Waals surface area contributed by atoms with Crippen LogP contribution in [0.5, 0.6) is 0 Å². The van der Waals surface area contributed by atoms with Crippen LogP contribution in [0.3, 0.4) is 0 Å². The topological polar surface area (TPSA) is 82.3 Å². The Morgan fingerprint density at radius 1 is 1.43 bits per heavy atom. The van der Waals surface area contributed by atoms with Crippen LogP contribution in [0.15, 0.2) is 10.9 Å². The summed E-state index contributed by atoms with van der Waals surface area (Å²) in [5, 5.41) is 2.77. The van der Waals surface area contributed by atoms with Gasteiger partial charge in [-0.1, -0.05) is 0 Å². The number of amides is 2. The molecule has 1 fully saturated rings. The van der Waals surface area contributed by atoms with E-state index in [4.69, 9.17) is 0 Å². The predicted molar refractivity (Wildman–Crippen MR) is 78.8 cm³/mol. The zero-order valence-corrected chi connectivity index (χ0v) is 12.7. The molecule has 114 valence electrons. The number of likely N-dealkylation sites (tertiary alicyclic amines) is 1. The maximum Gasteiger partial charge on any atom is 0.253 e. The number of nitrogens with zero attached hydrogens (tertiary/aromatic N) is 1. The summed E-state index contributed by atoms with van der Waals surface area (Å²) in [5.74, 6) is -0.279. The molecule has 2 N–H and O–H groups in total. The fraction of sp³-hybridized carbons (Fsp3) is 0.533. The van der Waals surface area contributed by atoms with Crippen molar-refractivity contribution in [1.82, 2.24) is 15.2 Å². The molecule has 1 unspecified atom stereocenters. The summed E-state index contributed by atoms with van der Waals surface area (Å²) < 4.78 is 0. The molecule has 2 amide bonds. The molecule has 1 aliphatic rings. The van der Waals surface area contributed by atoms with Gasteiger partial charge in [0.2, 0.25) is 11.8 Å². The summed E-state index contributed by atoms with van der Waals surface area (Å²) in [7, 11) is 0. The molecule has 0 radical (unpaired) electrons. The lowest BCUT2D eigenvalue weighted by atomic mass is 10.1. The highest BCUT2D eigenvalue weighted by molar-refractivity contribution is 5.87. The molecule has 1 saturated heterocycles. The Morgan fingerprint density at radius 3 is 2.76 bits per heavy atom. The van der Waals surface area contributed by atoms with E-state index in [1.165, 1.54) is 6.92 Å². The molecule has 2 heterocycles. The lowest BCUT2D eigenvalue weighted by Crippen LogP contribution is -2.45. The highest BCUT2D eigenvalue weighted by atomic mass is 16.2. The van der Waals surface area contributed by atoms with Gasteiger partial charge >= 0.3 is 0 Å². The lowest BCUT2D eigenvalue weighted by molar-refractivity contribution is -0.136. The second-order valence-electron chi connectivity index (χ2n) is 5.53. The van der Waals surface area contributed by atoms with Gasteiger partial charge in [0.05, 0.1) is 0 Å². The van der Waals surface area contributed by atoms with Crippen molar-refractivity contribution < 1.29 is 9.59 Å². The number of pyridine rings is 1. The van der Waals surface area contributed by atoms with E-state index in [0.717, 1.165) is 17.7 Å². The number of carbonyl (C=O) groups is 2. The minimum Gasteiger partial charge on any atom is -0.350 e. The first-order valence-electron chi connectivity index (χ1n) is 7.14. The van der Waals surface area contributed by atoms with Crippen molar-refractivity contribution in [3.63, 3.8) is 0 Å². The highest BCUT2D eigenvalue weighted by Gasteiger charge is 2.32. The number of aromatic nitrogens is 1. The van der Waals surface area contributed by atoms with Crippen molar-refractivity contribution in [2.45, 2.75) is 46.2 Å². The van der Waals surface area contributed by atoms with Crippen LogP contribution >= 0.6 is 0 Å². The zero-order valence-electron chi connectivity index (χ0n) is 12.7. The Labute approximate surface area is 123 Å². The summed E-state index contributed by atoms with van der Waals surface area (Å²) in [6.45, 7) is 5.95. The Bertz CT molecular complexity index is 621. The maximum absolute atomic E-state index is 12.2. The number of H-pyrrole nitrogens is 1. The number of nitrogens with one attached hydrogen (secondary N) is 2. The summed E-state index contributed by atoms with van der Waals surface area (Å²) in [6.07, 6.45) is 1.51. The predicted octanol–water partition coefficient (Wildman–Crippen LogP) is 0.619. The Kier molecular flexibility index (Phi) is 4.45. The SMILES string of the molecule is CC(=O)N1CCCC1C(=O)NCc1c(C)cc(C)[nH]c1=O. The van der Waals surface area contributed by atoms with Gasteiger partial charge in [0, 0.05) is 31.3 Å². The van der Waals surface area contributed by atoms with E-state index < -0.39 is 6.04 Å². The molecule has 1 aromatic heterocycles. The molecule has 2 rings (SSSR count). The zero-order chi connectivity index (χ0) is 15.6. The fourth-order valence-electron chi connectivity index (χ4n) is 2.81. The van der Waals surface area contributed by atoms with Crippen molar-refractivity contribution in [2.24, 2.45) is 0 Å². The van der Waals surface area contributed by atoms with E-state index in [0.29, 0.717) is 18.5 Å². The minimum atomic E-state index is -0.410. The molecule has 0 aliphatic carbocycles. The van der Waals surface area contributed by atoms with Gasteiger partial charge in [-0.15, -0.1) is 0 Å². The van der Waals surface area contributed by atoms with E-state index >= 15 is 0 Å². The average molecular weight is 291 g/mol. The monoisotopic (exact) mass is 291 g/mol. The van der Waals surface area contributed by atoms with Crippen LogP contribution in [-0.4, -0.2) is 34.3 Å². The number of aryl methyl sites for hydroxylation is 2. The second kappa shape index (κ2) is 6.11. The third kappa shape index (κ3) is 3.32. The minimum absolute atomic E-state index is 0.0861. The van der Waals surface area contributed by atoms with Crippen molar-refractivity contribution in [3.8, 4) is 0 Å². The largest absolute Gasteiger partial charge is 0.350 e. The molecule has 1 aliphatic heterocycles. The van der Waals surface area contributed by atoms with Crippen LogP contribution in [-0.2, 0) is 16.1 Å². The smallest absolute Gasteiger partial charge is 0.253 e. The molecule has 0 bridgehead atoms. The number of hydrogen-bond acceptors (Lipinski definition) is 3. The van der Waals surface area contributed by atoms with E-state index in [1.807, 2.05) is 19.9 Å². The maximum atomic E-state index is 12.2. The molecule has 21 heavy (non-hydrogen) atoms. The Hall–Kier alpha value is -2.11. The summed E-state index contributed by atoms with van der Waals surface area (Å²) in [4.78, 5) is 39.9. The first kappa shape index (κ1) is 15.3. The van der Waals surface area contributed by atoms with Gasteiger partial charge in [0.15, 0.2) is 0 Å². The van der Waals surface area contributed by atoms with Crippen LogP contribution in [0, 0.1) is 13.8 Å². The van der Waals surface area contributed by atoms with Gasteiger partial charge < -0.3 is 15.2 Å². The lowest BCUT2D eigenvalue weighted by Gasteiger charge is -2.22. The standard InChI is InChI=1S/C15H21N3O3/c1-9-7-10(2)17-14(20)12(9)8-16-15(21)13-5-4-6-18(13)11(3)19/h7,13H,4-6,8H2,1-3H3,(H,16,21)(H,17,20). The van der Waals surface area contributed by atoms with Crippen molar-refractivity contribution >= 4 is 11.8 Å². The first-order valence-corrected chi connectivity index (χ1v) is 7.14. The number of hydrogen-bond donors (Lipinski definition) is 2. The van der Waals surface area contributed by atoms with Gasteiger partial charge in [-0.2, -0.15) is 0 Å². The molecular formula is C15H21N3O3. The molecule has 0 saturated carbocycles. The Balaban J connectivity index is 2.05. The van der Waals surface area contributed by atoms with Crippen LogP contribution in [0.4, 0.5) is 0 Å². The third-order valence-corrected chi connectivity index (χ3v) is 3.89. The van der Waals surface area contributed by atoms with Crippen LogP contribution < -0.4 is 10.9 Å². The molecule has 6 heteroatoms. The van der Waals surface area contributed by atoms with Gasteiger partial charge in [-0.05, 0) is 38.3 Å². The van der Waals surface area contributed by atoms with E-state index in [1.54, 1.807) is 4.90 Å². The van der Waals surface area contributed by atoms with Crippen LogP contribution in [0.25, 0.3) is 0 Å². The van der Waals surface area contributed by atoms with Crippen molar-refractivity contribution in [3.05, 3.63) is 33.2 Å². The summed E-state index contributed by atoms with van der Waals surface area (Å²) in [6, 6.07) is 1.47. The quantitative estimate of drug-likeness (QED) is 0.856. The van der Waals surface area contributed by atoms with E-state index in [2.05, 4.69) is 10.3 Å². The fourth-order valence-corrected chi connectivity index (χ4v) is 2.81. The normalized spacial score (nSPS) is 17.9. The molecule has 0 spiro atoms. The Morgan fingerprint density at radius 2 is 2.14 bits per heavy atom. The van der Waals surface area contributed by atoms with Gasteiger partial charge in [0.1, 0.15) is 6.04 Å². The van der Waals surface area contributed by atoms with Crippen LogP contribution in [0.2, 0.25) is 0 Å². The van der Waals surface area contributed by atoms with E-state index in [9.17, 15) is 14.4 Å². The number of rotatable bonds is 3. The molecule has 1 atom stereocenters. The third-order valence-electron chi connectivity index (χ3n) is 3.89. The molecule has 1 aromatic rings. The van der Waals surface area contributed by atoms with Crippen molar-refractivity contribution in [2.75, 3.05) is 6.54 Å². The average Bonchev–Trinajstić information content (AvgIpc) is 2.86. The summed E-state index contributed by atoms with van der Waals surface area (Å²) in [5.41, 5.74) is 2.03. The second-order valence-corrected chi connectivity index (χ2v) is 5.53. The van der Waals surface area contributed by atoms with Gasteiger partial charge in [-0.25, -0.2) is 0 Å². The molecule has 0 aromatic carbocycles. The number of carbonyl (C=O) groups excluding carboxylic acids is 2. The van der Waals surface area contributed by atoms with E-state index in [-0.39, 0.29) is 23.9 Å². The highest BCUT2D eigenvalue weighted by Crippen LogP contribution is 2.17. The number of aromatic amines is 1. The summed E-state index contributed by atoms with van der Waals surface area (Å²) >= 11 is 0. The van der Waals surface area contributed by atoms with Gasteiger partial charge in [-0.3, -0.25) is 14.4 Å². The van der Waals surface area contributed by atoms with Gasteiger partial charge in [0.25, 0.3) is 5.56 Å². The molecular weight excluding hydrogens is 270 g/mol.